The van der Waals surface area contributed by atoms with Gasteiger partial charge in [0.05, 0.1) is 0 Å². The van der Waals surface area contributed by atoms with Crippen LogP contribution < -0.4 is 5.73 Å². The lowest BCUT2D eigenvalue weighted by Crippen LogP contribution is -2.54. The summed E-state index contributed by atoms with van der Waals surface area (Å²) >= 11 is 0. The second kappa shape index (κ2) is 3.71. The van der Waals surface area contributed by atoms with E-state index in [1.807, 2.05) is 0 Å². The van der Waals surface area contributed by atoms with Gasteiger partial charge in [0.1, 0.15) is 0 Å². The number of fused-ring (bicyclic) bond motifs is 2. The molecule has 3 fully saturated rings. The topological polar surface area (TPSA) is 29.3 Å². The van der Waals surface area contributed by atoms with Crippen LogP contribution in [0.5, 0.6) is 0 Å². The minimum Gasteiger partial charge on any atom is -0.328 e. The maximum atomic E-state index is 6.16. The number of hydrogen-bond donors (Lipinski definition) is 1. The SMILES string of the molecule is CC1(C)CCCC1N1C2CCC1CC(N)C2. The van der Waals surface area contributed by atoms with Gasteiger partial charge in [-0.25, -0.2) is 0 Å². The van der Waals surface area contributed by atoms with Crippen LogP contribution >= 0.6 is 0 Å². The van der Waals surface area contributed by atoms with E-state index in [0.717, 1.165) is 18.1 Å². The van der Waals surface area contributed by atoms with Gasteiger partial charge in [0, 0.05) is 24.2 Å². The van der Waals surface area contributed by atoms with Gasteiger partial charge in [0.25, 0.3) is 0 Å². The Kier molecular flexibility index (Phi) is 2.56. The molecular formula is C14H26N2. The molecule has 92 valence electrons. The van der Waals surface area contributed by atoms with Gasteiger partial charge in [-0.05, 0) is 43.9 Å². The molecule has 2 aliphatic heterocycles. The van der Waals surface area contributed by atoms with E-state index in [9.17, 15) is 0 Å². The first-order chi connectivity index (χ1) is 7.58. The maximum Gasteiger partial charge on any atom is 0.0152 e. The fraction of sp³-hybridized carbons (Fsp3) is 1.00. The van der Waals surface area contributed by atoms with Crippen LogP contribution in [0.4, 0.5) is 0 Å². The quantitative estimate of drug-likeness (QED) is 0.738. The zero-order valence-corrected chi connectivity index (χ0v) is 10.8. The summed E-state index contributed by atoms with van der Waals surface area (Å²) in [6, 6.07) is 2.96. The molecule has 16 heavy (non-hydrogen) atoms. The first-order valence-electron chi connectivity index (χ1n) is 7.11. The molecule has 3 aliphatic rings. The van der Waals surface area contributed by atoms with E-state index >= 15 is 0 Å². The molecule has 3 atom stereocenters. The van der Waals surface area contributed by atoms with Crippen LogP contribution in [-0.4, -0.2) is 29.1 Å². The highest BCUT2D eigenvalue weighted by atomic mass is 15.3. The monoisotopic (exact) mass is 222 g/mol. The Labute approximate surface area is 99.6 Å². The van der Waals surface area contributed by atoms with Crippen LogP contribution in [0.1, 0.15) is 58.8 Å². The first kappa shape index (κ1) is 11.0. The van der Waals surface area contributed by atoms with Crippen LogP contribution in [0, 0.1) is 5.41 Å². The van der Waals surface area contributed by atoms with Crippen molar-refractivity contribution in [1.82, 2.24) is 4.90 Å². The predicted molar refractivity (Wildman–Crippen MR) is 67.3 cm³/mol. The van der Waals surface area contributed by atoms with Crippen molar-refractivity contribution >= 4 is 0 Å². The molecule has 0 radical (unpaired) electrons. The summed E-state index contributed by atoms with van der Waals surface area (Å²) in [5.74, 6) is 0. The maximum absolute atomic E-state index is 6.16. The van der Waals surface area contributed by atoms with E-state index in [0.29, 0.717) is 11.5 Å². The lowest BCUT2D eigenvalue weighted by atomic mass is 9.83. The molecule has 0 spiro atoms. The highest BCUT2D eigenvalue weighted by Crippen LogP contribution is 2.47. The Morgan fingerprint density at radius 1 is 1.06 bits per heavy atom. The largest absolute Gasteiger partial charge is 0.328 e. The van der Waals surface area contributed by atoms with Gasteiger partial charge >= 0.3 is 0 Å². The van der Waals surface area contributed by atoms with Crippen molar-refractivity contribution in [2.45, 2.75) is 83.0 Å². The Balaban J connectivity index is 1.81. The van der Waals surface area contributed by atoms with E-state index in [1.165, 1.54) is 44.9 Å². The fourth-order valence-electron chi connectivity index (χ4n) is 4.63. The molecular weight excluding hydrogens is 196 g/mol. The summed E-state index contributed by atoms with van der Waals surface area (Å²) in [6.45, 7) is 4.94. The average molecular weight is 222 g/mol. The Hall–Kier alpha value is -0.0800. The first-order valence-corrected chi connectivity index (χ1v) is 7.11. The third-order valence-corrected chi connectivity index (χ3v) is 5.39. The van der Waals surface area contributed by atoms with Crippen molar-refractivity contribution in [3.63, 3.8) is 0 Å². The van der Waals surface area contributed by atoms with Gasteiger partial charge in [0.15, 0.2) is 0 Å². The van der Waals surface area contributed by atoms with Crippen molar-refractivity contribution in [2.75, 3.05) is 0 Å². The van der Waals surface area contributed by atoms with Crippen molar-refractivity contribution in [2.24, 2.45) is 11.1 Å². The molecule has 1 saturated carbocycles. The molecule has 3 rings (SSSR count). The summed E-state index contributed by atoms with van der Waals surface area (Å²) in [4.78, 5) is 2.89. The summed E-state index contributed by atoms with van der Waals surface area (Å²) in [5, 5.41) is 0. The molecule has 2 saturated heterocycles. The number of nitrogens with two attached hydrogens (primary N) is 1. The minimum atomic E-state index is 0.485. The fourth-order valence-corrected chi connectivity index (χ4v) is 4.63. The minimum absolute atomic E-state index is 0.485. The van der Waals surface area contributed by atoms with Crippen molar-refractivity contribution in [1.29, 1.82) is 0 Å². The molecule has 3 unspecified atom stereocenters. The molecule has 1 aliphatic carbocycles. The van der Waals surface area contributed by atoms with Gasteiger partial charge in [-0.3, -0.25) is 4.90 Å². The average Bonchev–Trinajstić information content (AvgIpc) is 2.64. The highest BCUT2D eigenvalue weighted by Gasteiger charge is 2.48. The van der Waals surface area contributed by atoms with Gasteiger partial charge < -0.3 is 5.73 Å². The van der Waals surface area contributed by atoms with Crippen molar-refractivity contribution in [3.8, 4) is 0 Å². The van der Waals surface area contributed by atoms with E-state index in [4.69, 9.17) is 5.73 Å². The van der Waals surface area contributed by atoms with Gasteiger partial charge in [-0.1, -0.05) is 20.3 Å². The molecule has 2 heteroatoms. The van der Waals surface area contributed by atoms with E-state index < -0.39 is 0 Å². The molecule has 0 aromatic carbocycles. The molecule has 0 amide bonds. The molecule has 0 aromatic rings. The smallest absolute Gasteiger partial charge is 0.0152 e. The van der Waals surface area contributed by atoms with Crippen LogP contribution in [0.2, 0.25) is 0 Å². The lowest BCUT2D eigenvalue weighted by Gasteiger charge is -2.46. The number of rotatable bonds is 1. The highest BCUT2D eigenvalue weighted by molar-refractivity contribution is 5.04. The Morgan fingerprint density at radius 3 is 2.19 bits per heavy atom. The van der Waals surface area contributed by atoms with E-state index in [2.05, 4.69) is 18.7 Å². The number of hydrogen-bond acceptors (Lipinski definition) is 2. The summed E-state index contributed by atoms with van der Waals surface area (Å²) < 4.78 is 0. The normalized spacial score (nSPS) is 47.4. The zero-order valence-electron chi connectivity index (χ0n) is 10.8. The van der Waals surface area contributed by atoms with Crippen molar-refractivity contribution in [3.05, 3.63) is 0 Å². The molecule has 2 heterocycles. The third-order valence-electron chi connectivity index (χ3n) is 5.39. The van der Waals surface area contributed by atoms with Crippen LogP contribution in [-0.2, 0) is 0 Å². The summed E-state index contributed by atoms with van der Waals surface area (Å²) in [6.07, 6.45) is 9.59. The predicted octanol–water partition coefficient (Wildman–Crippen LogP) is 2.52. The van der Waals surface area contributed by atoms with Crippen LogP contribution in [0.3, 0.4) is 0 Å². The number of piperidine rings is 1. The summed E-state index contributed by atoms with van der Waals surface area (Å²) in [5.41, 5.74) is 6.70. The Morgan fingerprint density at radius 2 is 1.69 bits per heavy atom. The lowest BCUT2D eigenvalue weighted by molar-refractivity contribution is 0.0310. The van der Waals surface area contributed by atoms with Gasteiger partial charge in [0.2, 0.25) is 0 Å². The van der Waals surface area contributed by atoms with Crippen LogP contribution in [0.25, 0.3) is 0 Å². The van der Waals surface area contributed by atoms with Crippen molar-refractivity contribution < 1.29 is 0 Å². The molecule has 2 bridgehead atoms. The third kappa shape index (κ3) is 1.62. The molecule has 2 nitrogen and oxygen atoms in total. The standard InChI is InChI=1S/C14H26N2/c1-14(2)7-3-4-13(14)16-11-5-6-12(16)9-10(15)8-11/h10-13H,3-9,15H2,1-2H3. The van der Waals surface area contributed by atoms with E-state index in [-0.39, 0.29) is 0 Å². The van der Waals surface area contributed by atoms with Crippen LogP contribution in [0.15, 0.2) is 0 Å². The van der Waals surface area contributed by atoms with E-state index in [1.54, 1.807) is 0 Å². The second-order valence-corrected chi connectivity index (χ2v) is 6.96. The number of nitrogens with zero attached hydrogens (tertiary/aromatic N) is 1. The summed E-state index contributed by atoms with van der Waals surface area (Å²) in [7, 11) is 0. The van der Waals surface area contributed by atoms with Gasteiger partial charge in [-0.15, -0.1) is 0 Å². The van der Waals surface area contributed by atoms with Gasteiger partial charge in [-0.2, -0.15) is 0 Å². The zero-order chi connectivity index (χ0) is 11.3. The second-order valence-electron chi connectivity index (χ2n) is 6.96. The Bertz CT molecular complexity index is 260. The molecule has 0 aromatic heterocycles. The molecule has 2 N–H and O–H groups in total.